The van der Waals surface area contributed by atoms with Crippen LogP contribution in [0.1, 0.15) is 30.2 Å². The lowest BCUT2D eigenvalue weighted by Crippen LogP contribution is -2.36. The van der Waals surface area contributed by atoms with E-state index in [9.17, 15) is 9.18 Å². The third-order valence-electron chi connectivity index (χ3n) is 3.65. The Morgan fingerprint density at radius 2 is 2.22 bits per heavy atom. The van der Waals surface area contributed by atoms with Gasteiger partial charge in [0.2, 0.25) is 5.95 Å². The van der Waals surface area contributed by atoms with Crippen LogP contribution in [0.15, 0.2) is 36.8 Å². The summed E-state index contributed by atoms with van der Waals surface area (Å²) in [7, 11) is 0. The summed E-state index contributed by atoms with van der Waals surface area (Å²) in [6, 6.07) is 4.92. The van der Waals surface area contributed by atoms with Gasteiger partial charge in [-0.25, -0.2) is 9.97 Å². The van der Waals surface area contributed by atoms with Crippen LogP contribution in [-0.2, 0) is 13.0 Å². The summed E-state index contributed by atoms with van der Waals surface area (Å²) in [5.74, 6) is -0.218. The molecule has 3 heterocycles. The first-order valence-corrected chi connectivity index (χ1v) is 7.53. The second-order valence-corrected chi connectivity index (χ2v) is 5.40. The van der Waals surface area contributed by atoms with Gasteiger partial charge in [-0.3, -0.25) is 9.20 Å². The minimum Gasteiger partial charge on any atom is -0.346 e. The number of hydrogen-bond acceptors (Lipinski definition) is 3. The average Bonchev–Trinajstić information content (AvgIpc) is 3.12. The van der Waals surface area contributed by atoms with Crippen molar-refractivity contribution in [3.8, 4) is 0 Å². The van der Waals surface area contributed by atoms with Crippen LogP contribution in [0.5, 0.6) is 0 Å². The smallest absolute Gasteiger partial charge is 0.274 e. The van der Waals surface area contributed by atoms with Crippen molar-refractivity contribution in [2.75, 3.05) is 0 Å². The molecule has 0 aliphatic heterocycles. The molecule has 7 heteroatoms. The van der Waals surface area contributed by atoms with Crippen LogP contribution in [-0.4, -0.2) is 30.9 Å². The van der Waals surface area contributed by atoms with Crippen LogP contribution in [0, 0.1) is 5.95 Å². The van der Waals surface area contributed by atoms with E-state index in [1.807, 2.05) is 24.6 Å². The van der Waals surface area contributed by atoms with E-state index >= 15 is 0 Å². The molecule has 1 atom stereocenters. The van der Waals surface area contributed by atoms with Crippen LogP contribution in [0.25, 0.3) is 5.65 Å². The lowest BCUT2D eigenvalue weighted by molar-refractivity contribution is 0.0927. The third-order valence-corrected chi connectivity index (χ3v) is 3.65. The average molecular weight is 315 g/mol. The van der Waals surface area contributed by atoms with Gasteiger partial charge >= 0.3 is 0 Å². The van der Waals surface area contributed by atoms with Gasteiger partial charge in [-0.1, -0.05) is 13.0 Å². The zero-order valence-corrected chi connectivity index (χ0v) is 13.0. The number of carbonyl (C=O) groups excluding carboxylic acids is 1. The highest BCUT2D eigenvalue weighted by molar-refractivity contribution is 5.93. The number of aromatic nitrogens is 4. The molecule has 0 aromatic carbocycles. The maximum atomic E-state index is 14.3. The molecule has 23 heavy (non-hydrogen) atoms. The second kappa shape index (κ2) is 6.20. The van der Waals surface area contributed by atoms with E-state index in [0.29, 0.717) is 12.2 Å². The number of rotatable bonds is 5. The highest BCUT2D eigenvalue weighted by Crippen LogP contribution is 2.11. The Morgan fingerprint density at radius 3 is 2.96 bits per heavy atom. The number of fused-ring (bicyclic) bond motifs is 1. The monoisotopic (exact) mass is 315 g/mol. The van der Waals surface area contributed by atoms with Crippen molar-refractivity contribution in [1.29, 1.82) is 0 Å². The molecule has 0 fully saturated rings. The molecule has 3 rings (SSSR count). The van der Waals surface area contributed by atoms with Gasteiger partial charge in [0.25, 0.3) is 5.91 Å². The summed E-state index contributed by atoms with van der Waals surface area (Å²) in [5, 5.41) is 2.78. The lowest BCUT2D eigenvalue weighted by Gasteiger charge is -2.15. The van der Waals surface area contributed by atoms with Gasteiger partial charge in [-0.2, -0.15) is 4.39 Å². The lowest BCUT2D eigenvalue weighted by atomic mass is 10.3. The summed E-state index contributed by atoms with van der Waals surface area (Å²) in [5.41, 5.74) is 0.218. The number of nitrogens with zero attached hydrogens (tertiary/aromatic N) is 4. The number of hydrogen-bond donors (Lipinski definition) is 1. The molecule has 120 valence electrons. The summed E-state index contributed by atoms with van der Waals surface area (Å²) >= 11 is 0. The van der Waals surface area contributed by atoms with E-state index in [-0.39, 0.29) is 11.7 Å². The third kappa shape index (κ3) is 2.94. The van der Waals surface area contributed by atoms with Crippen LogP contribution in [0.3, 0.4) is 0 Å². The molecule has 3 aromatic rings. The molecular formula is C16H18FN5O. The quantitative estimate of drug-likeness (QED) is 0.784. The minimum atomic E-state index is -0.651. The Bertz CT molecular complexity index is 838. The topological polar surface area (TPSA) is 64.2 Å². The Kier molecular flexibility index (Phi) is 4.10. The molecule has 0 spiro atoms. The fourth-order valence-electron chi connectivity index (χ4n) is 2.56. The van der Waals surface area contributed by atoms with E-state index in [4.69, 9.17) is 0 Å². The highest BCUT2D eigenvalue weighted by atomic mass is 19.1. The maximum Gasteiger partial charge on any atom is 0.274 e. The van der Waals surface area contributed by atoms with Crippen molar-refractivity contribution < 1.29 is 9.18 Å². The highest BCUT2D eigenvalue weighted by Gasteiger charge is 2.20. The molecule has 0 aliphatic rings. The zero-order valence-electron chi connectivity index (χ0n) is 13.0. The first kappa shape index (κ1) is 15.2. The molecule has 0 radical (unpaired) electrons. The van der Waals surface area contributed by atoms with Gasteiger partial charge < -0.3 is 9.88 Å². The van der Waals surface area contributed by atoms with Gasteiger partial charge in [0, 0.05) is 37.6 Å². The molecule has 0 aliphatic carbocycles. The van der Waals surface area contributed by atoms with Gasteiger partial charge in [-0.05, 0) is 19.1 Å². The van der Waals surface area contributed by atoms with Crippen molar-refractivity contribution in [1.82, 2.24) is 24.3 Å². The molecular weight excluding hydrogens is 297 g/mol. The first-order valence-electron chi connectivity index (χ1n) is 7.53. The predicted molar refractivity (Wildman–Crippen MR) is 83.7 cm³/mol. The standard InChI is InChI=1S/C16H18FN5O/c1-3-12-18-7-9-21(12)10-11(2)19-16(23)14-15(17)22-8-5-4-6-13(22)20-14/h4-9,11H,3,10H2,1-2H3,(H,19,23). The molecule has 1 N–H and O–H groups in total. The van der Waals surface area contributed by atoms with Gasteiger partial charge in [0.05, 0.1) is 0 Å². The molecule has 6 nitrogen and oxygen atoms in total. The fraction of sp³-hybridized carbons (Fsp3) is 0.312. The first-order chi connectivity index (χ1) is 11.1. The summed E-state index contributed by atoms with van der Waals surface area (Å²) in [6.07, 6.45) is 5.95. The molecule has 0 saturated carbocycles. The Morgan fingerprint density at radius 1 is 1.39 bits per heavy atom. The molecule has 0 saturated heterocycles. The number of amides is 1. The van der Waals surface area contributed by atoms with E-state index in [1.165, 1.54) is 10.6 Å². The summed E-state index contributed by atoms with van der Waals surface area (Å²) < 4.78 is 17.5. The van der Waals surface area contributed by atoms with Crippen molar-refractivity contribution >= 4 is 11.6 Å². The van der Waals surface area contributed by atoms with Gasteiger partial charge in [0.15, 0.2) is 5.69 Å². The Labute approximate surface area is 133 Å². The number of halogens is 1. The number of imidazole rings is 2. The van der Waals surface area contributed by atoms with Crippen LogP contribution in [0.4, 0.5) is 4.39 Å². The number of nitrogens with one attached hydrogen (secondary N) is 1. The zero-order chi connectivity index (χ0) is 16.4. The number of aryl methyl sites for hydroxylation is 1. The van der Waals surface area contributed by atoms with Crippen LogP contribution in [0.2, 0.25) is 0 Å². The summed E-state index contributed by atoms with van der Waals surface area (Å²) in [4.78, 5) is 20.6. The van der Waals surface area contributed by atoms with Crippen molar-refractivity contribution in [3.63, 3.8) is 0 Å². The minimum absolute atomic E-state index is 0.175. The second-order valence-electron chi connectivity index (χ2n) is 5.40. The van der Waals surface area contributed by atoms with Crippen molar-refractivity contribution in [3.05, 3.63) is 54.3 Å². The fourth-order valence-corrected chi connectivity index (χ4v) is 2.56. The van der Waals surface area contributed by atoms with E-state index in [2.05, 4.69) is 15.3 Å². The molecule has 1 amide bonds. The van der Waals surface area contributed by atoms with Gasteiger partial charge in [0.1, 0.15) is 11.5 Å². The van der Waals surface area contributed by atoms with E-state index < -0.39 is 11.9 Å². The largest absolute Gasteiger partial charge is 0.346 e. The van der Waals surface area contributed by atoms with Crippen molar-refractivity contribution in [2.45, 2.75) is 32.9 Å². The maximum absolute atomic E-state index is 14.3. The Hall–Kier alpha value is -2.70. The molecule has 1 unspecified atom stereocenters. The normalized spacial score (nSPS) is 12.5. The van der Waals surface area contributed by atoms with E-state index in [0.717, 1.165) is 12.2 Å². The van der Waals surface area contributed by atoms with E-state index in [1.54, 1.807) is 24.4 Å². The number of carbonyl (C=O) groups is 1. The predicted octanol–water partition coefficient (Wildman–Crippen LogP) is 2.05. The molecule has 3 aromatic heterocycles. The summed E-state index contributed by atoms with van der Waals surface area (Å²) in [6.45, 7) is 4.46. The molecule has 0 bridgehead atoms. The van der Waals surface area contributed by atoms with Crippen LogP contribution < -0.4 is 5.32 Å². The number of pyridine rings is 1. The van der Waals surface area contributed by atoms with Crippen LogP contribution >= 0.6 is 0 Å². The Balaban J connectivity index is 1.74. The van der Waals surface area contributed by atoms with Gasteiger partial charge in [-0.15, -0.1) is 0 Å². The SMILES string of the molecule is CCc1nccn1CC(C)NC(=O)c1nc2ccccn2c1F. The van der Waals surface area contributed by atoms with Crippen molar-refractivity contribution in [2.24, 2.45) is 0 Å².